The van der Waals surface area contributed by atoms with Gasteiger partial charge in [-0.05, 0) is 12.1 Å². The summed E-state index contributed by atoms with van der Waals surface area (Å²) >= 11 is 0. The molecule has 0 radical (unpaired) electrons. The van der Waals surface area contributed by atoms with Crippen LogP contribution < -0.4 is 0 Å². The molecule has 1 heterocycles. The first-order valence-corrected chi connectivity index (χ1v) is 2.96. The van der Waals surface area contributed by atoms with Crippen LogP contribution in [0, 0.1) is 5.41 Å². The van der Waals surface area contributed by atoms with Gasteiger partial charge in [-0.15, -0.1) is 0 Å². The molecule has 0 saturated heterocycles. The van der Waals surface area contributed by atoms with Crippen LogP contribution in [0.5, 0.6) is 0 Å². The molecule has 58 valence electrons. The topological polar surface area (TPSA) is 77.5 Å². The van der Waals surface area contributed by atoms with Gasteiger partial charge in [0.1, 0.15) is 12.4 Å². The molecule has 0 aliphatic carbocycles. The highest BCUT2D eigenvalue weighted by atomic mass is 16.4. The zero-order valence-corrected chi connectivity index (χ0v) is 5.66. The SMILES string of the molecule is N=C=C(O)c1ccc(CO)o1. The molecular formula is C7H7NO3. The maximum Gasteiger partial charge on any atom is 0.221 e. The van der Waals surface area contributed by atoms with Crippen molar-refractivity contribution in [1.82, 2.24) is 0 Å². The van der Waals surface area contributed by atoms with Crippen molar-refractivity contribution in [2.24, 2.45) is 0 Å². The van der Waals surface area contributed by atoms with Crippen molar-refractivity contribution in [2.75, 3.05) is 0 Å². The van der Waals surface area contributed by atoms with Gasteiger partial charge >= 0.3 is 0 Å². The number of hydrogen-bond acceptors (Lipinski definition) is 4. The third-order valence-electron chi connectivity index (χ3n) is 1.17. The number of aliphatic hydroxyl groups is 2. The largest absolute Gasteiger partial charge is 0.497 e. The number of rotatable bonds is 2. The molecule has 0 aromatic carbocycles. The normalized spacial score (nSPS) is 9.18. The molecule has 0 unspecified atom stereocenters. The van der Waals surface area contributed by atoms with Gasteiger partial charge in [0, 0.05) is 5.87 Å². The summed E-state index contributed by atoms with van der Waals surface area (Å²) < 4.78 is 4.87. The minimum atomic E-state index is -0.371. The van der Waals surface area contributed by atoms with Gasteiger partial charge < -0.3 is 14.6 Å². The first-order valence-electron chi connectivity index (χ1n) is 2.96. The highest BCUT2D eigenvalue weighted by Crippen LogP contribution is 2.12. The second kappa shape index (κ2) is 3.05. The summed E-state index contributed by atoms with van der Waals surface area (Å²) in [5.41, 5.74) is 0. The molecule has 1 aromatic heterocycles. The zero-order chi connectivity index (χ0) is 8.27. The Morgan fingerprint density at radius 2 is 2.36 bits per heavy atom. The summed E-state index contributed by atoms with van der Waals surface area (Å²) in [5.74, 6) is 1.89. The summed E-state index contributed by atoms with van der Waals surface area (Å²) in [6.07, 6.45) is 0. The quantitative estimate of drug-likeness (QED) is 0.436. The van der Waals surface area contributed by atoms with Crippen LogP contribution in [0.1, 0.15) is 11.5 Å². The van der Waals surface area contributed by atoms with Crippen molar-refractivity contribution >= 4 is 11.6 Å². The summed E-state index contributed by atoms with van der Waals surface area (Å²) in [5, 5.41) is 24.0. The lowest BCUT2D eigenvalue weighted by Crippen LogP contribution is -1.78. The number of aliphatic hydroxyl groups excluding tert-OH is 2. The summed E-state index contributed by atoms with van der Waals surface area (Å²) in [4.78, 5) is 0. The fourth-order valence-electron chi connectivity index (χ4n) is 0.652. The van der Waals surface area contributed by atoms with Crippen LogP contribution >= 0.6 is 0 Å². The van der Waals surface area contributed by atoms with Crippen LogP contribution in [0.2, 0.25) is 0 Å². The van der Waals surface area contributed by atoms with E-state index in [1.165, 1.54) is 12.1 Å². The highest BCUT2D eigenvalue weighted by Gasteiger charge is 2.03. The second-order valence-electron chi connectivity index (χ2n) is 1.90. The van der Waals surface area contributed by atoms with Crippen LogP contribution in [0.3, 0.4) is 0 Å². The Bertz CT molecular complexity index is 296. The average Bonchev–Trinajstić information content (AvgIpc) is 2.50. The Balaban J connectivity index is 2.98. The van der Waals surface area contributed by atoms with E-state index in [1.807, 2.05) is 0 Å². The Morgan fingerprint density at radius 1 is 1.64 bits per heavy atom. The molecule has 3 N–H and O–H groups in total. The Kier molecular flexibility index (Phi) is 2.11. The predicted molar refractivity (Wildman–Crippen MR) is 38.4 cm³/mol. The Labute approximate surface area is 62.9 Å². The molecule has 0 atom stereocenters. The van der Waals surface area contributed by atoms with Gasteiger partial charge in [0.15, 0.2) is 5.76 Å². The van der Waals surface area contributed by atoms with Crippen molar-refractivity contribution in [3.8, 4) is 0 Å². The van der Waals surface area contributed by atoms with Gasteiger partial charge in [0.2, 0.25) is 5.76 Å². The predicted octanol–water partition coefficient (Wildman–Crippen LogP) is 0.919. The van der Waals surface area contributed by atoms with Crippen LogP contribution in [0.25, 0.3) is 5.76 Å². The molecule has 11 heavy (non-hydrogen) atoms. The van der Waals surface area contributed by atoms with E-state index in [-0.39, 0.29) is 18.1 Å². The van der Waals surface area contributed by atoms with E-state index in [2.05, 4.69) is 0 Å². The van der Waals surface area contributed by atoms with Gasteiger partial charge in [-0.1, -0.05) is 0 Å². The minimum absolute atomic E-state index is 0.143. The molecule has 0 spiro atoms. The van der Waals surface area contributed by atoms with Crippen LogP contribution in [-0.4, -0.2) is 16.1 Å². The summed E-state index contributed by atoms with van der Waals surface area (Å²) in [6.45, 7) is -0.217. The minimum Gasteiger partial charge on any atom is -0.497 e. The number of furan rings is 1. The summed E-state index contributed by atoms with van der Waals surface area (Å²) in [6, 6.07) is 2.98. The van der Waals surface area contributed by atoms with Crippen LogP contribution in [0.4, 0.5) is 0 Å². The maximum absolute atomic E-state index is 8.88. The van der Waals surface area contributed by atoms with Gasteiger partial charge in [-0.2, -0.15) is 0 Å². The van der Waals surface area contributed by atoms with E-state index in [0.29, 0.717) is 5.76 Å². The molecule has 4 heteroatoms. The monoisotopic (exact) mass is 153 g/mol. The molecular weight excluding hydrogens is 146 g/mol. The van der Waals surface area contributed by atoms with Crippen molar-refractivity contribution in [2.45, 2.75) is 6.61 Å². The van der Waals surface area contributed by atoms with Crippen molar-refractivity contribution in [3.05, 3.63) is 23.7 Å². The van der Waals surface area contributed by atoms with E-state index in [1.54, 1.807) is 5.87 Å². The molecule has 0 aliphatic heterocycles. The fraction of sp³-hybridized carbons (Fsp3) is 0.143. The van der Waals surface area contributed by atoms with Gasteiger partial charge in [-0.3, -0.25) is 5.41 Å². The van der Waals surface area contributed by atoms with Gasteiger partial charge in [0.25, 0.3) is 0 Å². The van der Waals surface area contributed by atoms with E-state index < -0.39 is 0 Å². The lowest BCUT2D eigenvalue weighted by Gasteiger charge is -1.88. The van der Waals surface area contributed by atoms with Gasteiger partial charge in [0.05, 0.1) is 0 Å². The molecule has 0 bridgehead atoms. The first kappa shape index (κ1) is 7.60. The van der Waals surface area contributed by atoms with E-state index in [9.17, 15) is 0 Å². The zero-order valence-electron chi connectivity index (χ0n) is 5.66. The van der Waals surface area contributed by atoms with Crippen LogP contribution in [-0.2, 0) is 6.61 Å². The number of hydrogen-bond donors (Lipinski definition) is 3. The van der Waals surface area contributed by atoms with E-state index in [4.69, 9.17) is 20.0 Å². The van der Waals surface area contributed by atoms with Crippen molar-refractivity contribution in [3.63, 3.8) is 0 Å². The lowest BCUT2D eigenvalue weighted by molar-refractivity contribution is 0.245. The van der Waals surface area contributed by atoms with Crippen LogP contribution in [0.15, 0.2) is 16.5 Å². The smallest absolute Gasteiger partial charge is 0.221 e. The van der Waals surface area contributed by atoms with E-state index in [0.717, 1.165) is 0 Å². The fourth-order valence-corrected chi connectivity index (χ4v) is 0.652. The number of nitrogens with one attached hydrogen (secondary N) is 1. The average molecular weight is 153 g/mol. The summed E-state index contributed by atoms with van der Waals surface area (Å²) in [7, 11) is 0. The third-order valence-corrected chi connectivity index (χ3v) is 1.17. The van der Waals surface area contributed by atoms with Crippen molar-refractivity contribution in [1.29, 1.82) is 5.41 Å². The molecule has 0 aliphatic rings. The second-order valence-corrected chi connectivity index (χ2v) is 1.90. The third kappa shape index (κ3) is 1.49. The molecule has 1 rings (SSSR count). The Hall–Kier alpha value is -1.51. The molecule has 0 fully saturated rings. The first-order chi connectivity index (χ1) is 5.27. The Morgan fingerprint density at radius 3 is 2.82 bits per heavy atom. The maximum atomic E-state index is 8.88. The lowest BCUT2D eigenvalue weighted by atomic mass is 10.4. The van der Waals surface area contributed by atoms with Crippen molar-refractivity contribution < 1.29 is 14.6 Å². The molecule has 1 aromatic rings. The highest BCUT2D eigenvalue weighted by molar-refractivity contribution is 5.80. The van der Waals surface area contributed by atoms with Gasteiger partial charge in [-0.25, -0.2) is 0 Å². The van der Waals surface area contributed by atoms with E-state index >= 15 is 0 Å². The molecule has 4 nitrogen and oxygen atoms in total. The molecule has 0 amide bonds. The molecule has 0 saturated carbocycles. The standard InChI is InChI=1S/C7H7NO3/c8-3-6(10)7-2-1-5(4-9)11-7/h1-2,8-10H,4H2.